The molecule has 0 aliphatic heterocycles. The van der Waals surface area contributed by atoms with E-state index in [-0.39, 0.29) is 27.7 Å². The number of nitrogens with zero attached hydrogens (tertiary/aromatic N) is 2. The zero-order valence-corrected chi connectivity index (χ0v) is 17.1. The third kappa shape index (κ3) is 6.49. The monoisotopic (exact) mass is 430 g/mol. The number of para-hydroxylation sites is 1. The van der Waals surface area contributed by atoms with Gasteiger partial charge in [-0.15, -0.1) is 12.3 Å². The molecule has 0 saturated carbocycles. The van der Waals surface area contributed by atoms with E-state index in [4.69, 9.17) is 44.4 Å². The Hall–Kier alpha value is -2.17. The van der Waals surface area contributed by atoms with Crippen molar-refractivity contribution in [3.63, 3.8) is 0 Å². The largest absolute Gasteiger partial charge is 0.472 e. The zero-order chi connectivity index (χ0) is 20.4. The van der Waals surface area contributed by atoms with Crippen LogP contribution in [0.4, 0.5) is 10.5 Å². The van der Waals surface area contributed by atoms with Crippen molar-refractivity contribution >= 4 is 46.6 Å². The van der Waals surface area contributed by atoms with Crippen LogP contribution in [0, 0.1) is 12.3 Å². The van der Waals surface area contributed by atoms with Gasteiger partial charge in [-0.25, -0.2) is 4.79 Å². The summed E-state index contributed by atoms with van der Waals surface area (Å²) in [4.78, 5) is 20.8. The maximum Gasteiger partial charge on any atom is 0.438 e. The highest BCUT2D eigenvalue weighted by molar-refractivity contribution is 6.42. The Morgan fingerprint density at radius 3 is 2.44 bits per heavy atom. The third-order valence-corrected chi connectivity index (χ3v) is 3.90. The summed E-state index contributed by atoms with van der Waals surface area (Å²) in [7, 11) is 2.61. The van der Waals surface area contributed by atoms with Crippen molar-refractivity contribution in [1.82, 2.24) is 4.98 Å². The van der Waals surface area contributed by atoms with Gasteiger partial charge in [0.25, 0.3) is 0 Å². The van der Waals surface area contributed by atoms with Crippen LogP contribution < -0.4 is 9.80 Å². The molecule has 0 saturated heterocycles. The second-order valence-corrected chi connectivity index (χ2v) is 5.87. The lowest BCUT2D eigenvalue weighted by molar-refractivity contribution is 0.115. The SMILES string of the molecule is C#CC.COC(=O)N(OC)c1ccccc1COc1nc(Cl)c(Cl)cc1Cl. The normalized spacial score (nSPS) is 9.52. The molecule has 1 aromatic heterocycles. The molecule has 0 spiro atoms. The van der Waals surface area contributed by atoms with Gasteiger partial charge in [0.05, 0.1) is 24.9 Å². The van der Waals surface area contributed by atoms with Gasteiger partial charge in [-0.1, -0.05) is 53.0 Å². The number of pyridine rings is 1. The quantitative estimate of drug-likeness (QED) is 0.361. The molecule has 0 radical (unpaired) electrons. The number of carbonyl (C=O) groups is 1. The van der Waals surface area contributed by atoms with E-state index in [0.717, 1.165) is 5.06 Å². The summed E-state index contributed by atoms with van der Waals surface area (Å²) in [6.07, 6.45) is 3.93. The van der Waals surface area contributed by atoms with Crippen LogP contribution in [-0.4, -0.2) is 25.3 Å². The van der Waals surface area contributed by atoms with Gasteiger partial charge in [0.2, 0.25) is 5.88 Å². The fraction of sp³-hybridized carbons (Fsp3) is 0.222. The Bertz CT molecular complexity index is 825. The first-order valence-corrected chi connectivity index (χ1v) is 8.54. The van der Waals surface area contributed by atoms with Crippen LogP contribution in [0.2, 0.25) is 15.2 Å². The molecule has 2 rings (SSSR count). The highest BCUT2D eigenvalue weighted by Crippen LogP contribution is 2.31. The number of terminal acetylenes is 1. The lowest BCUT2D eigenvalue weighted by Gasteiger charge is -2.21. The Morgan fingerprint density at radius 1 is 1.22 bits per heavy atom. The first-order valence-electron chi connectivity index (χ1n) is 7.41. The van der Waals surface area contributed by atoms with E-state index in [2.05, 4.69) is 22.1 Å². The van der Waals surface area contributed by atoms with Gasteiger partial charge in [-0.05, 0) is 19.1 Å². The molecule has 0 N–H and O–H groups in total. The Morgan fingerprint density at radius 2 is 1.85 bits per heavy atom. The molecule has 144 valence electrons. The Labute approximate surface area is 172 Å². The maximum atomic E-state index is 11.8. The number of aromatic nitrogens is 1. The minimum absolute atomic E-state index is 0.0672. The fourth-order valence-corrected chi connectivity index (χ4v) is 2.41. The highest BCUT2D eigenvalue weighted by Gasteiger charge is 2.20. The molecule has 6 nitrogen and oxygen atoms in total. The summed E-state index contributed by atoms with van der Waals surface area (Å²) in [5, 5.41) is 1.53. The minimum atomic E-state index is -0.671. The summed E-state index contributed by atoms with van der Waals surface area (Å²) in [6.45, 7) is 1.72. The van der Waals surface area contributed by atoms with Crippen molar-refractivity contribution in [3.8, 4) is 18.2 Å². The Kier molecular flexibility index (Phi) is 9.76. The van der Waals surface area contributed by atoms with E-state index in [1.807, 2.05) is 0 Å². The standard InChI is InChI=1S/C15H13Cl3N2O4.C3H4/c1-22-15(21)20(23-2)12-6-4-3-5-9(12)8-24-14-11(17)7-10(16)13(18)19-14;1-3-2/h3-7H,8H2,1-2H3;1H,2H3. The Balaban J connectivity index is 0.00000114. The predicted molar refractivity (Wildman–Crippen MR) is 106 cm³/mol. The van der Waals surface area contributed by atoms with Crippen LogP contribution in [0.15, 0.2) is 30.3 Å². The van der Waals surface area contributed by atoms with E-state index in [1.54, 1.807) is 31.2 Å². The molecule has 27 heavy (non-hydrogen) atoms. The van der Waals surface area contributed by atoms with Crippen LogP contribution in [0.1, 0.15) is 12.5 Å². The summed E-state index contributed by atoms with van der Waals surface area (Å²) >= 11 is 17.7. The van der Waals surface area contributed by atoms with Crippen LogP contribution in [0.5, 0.6) is 5.88 Å². The van der Waals surface area contributed by atoms with Crippen molar-refractivity contribution in [2.45, 2.75) is 13.5 Å². The molecule has 0 aliphatic carbocycles. The third-order valence-electron chi connectivity index (χ3n) is 2.95. The summed E-state index contributed by atoms with van der Waals surface area (Å²) in [5.74, 6) is 2.38. The van der Waals surface area contributed by atoms with Gasteiger partial charge in [0.1, 0.15) is 11.6 Å². The van der Waals surface area contributed by atoms with E-state index >= 15 is 0 Å². The fourth-order valence-electron chi connectivity index (χ4n) is 1.86. The van der Waals surface area contributed by atoms with E-state index < -0.39 is 6.09 Å². The number of hydroxylamine groups is 1. The molecule has 0 unspecified atom stereocenters. The van der Waals surface area contributed by atoms with Crippen LogP contribution in [-0.2, 0) is 16.2 Å². The summed E-state index contributed by atoms with van der Waals surface area (Å²) < 4.78 is 10.3. The summed E-state index contributed by atoms with van der Waals surface area (Å²) in [6, 6.07) is 8.42. The van der Waals surface area contributed by atoms with E-state index in [9.17, 15) is 4.79 Å². The predicted octanol–water partition coefficient (Wildman–Crippen LogP) is 5.39. The number of hydrogen-bond donors (Lipinski definition) is 0. The van der Waals surface area contributed by atoms with Crippen molar-refractivity contribution in [3.05, 3.63) is 51.1 Å². The molecule has 0 bridgehead atoms. The molecular formula is C18H17Cl3N2O4. The average Bonchev–Trinajstić information content (AvgIpc) is 2.65. The molecule has 1 amide bonds. The second kappa shape index (κ2) is 11.5. The smallest absolute Gasteiger partial charge is 0.438 e. The van der Waals surface area contributed by atoms with Crippen molar-refractivity contribution in [2.24, 2.45) is 0 Å². The molecular weight excluding hydrogens is 415 g/mol. The van der Waals surface area contributed by atoms with Gasteiger partial charge < -0.3 is 9.47 Å². The minimum Gasteiger partial charge on any atom is -0.472 e. The van der Waals surface area contributed by atoms with Crippen molar-refractivity contribution in [2.75, 3.05) is 19.3 Å². The first-order chi connectivity index (χ1) is 12.9. The number of carbonyl (C=O) groups excluding carboxylic acids is 1. The van der Waals surface area contributed by atoms with Gasteiger partial charge in [0.15, 0.2) is 5.15 Å². The van der Waals surface area contributed by atoms with Crippen LogP contribution >= 0.6 is 34.8 Å². The van der Waals surface area contributed by atoms with Crippen LogP contribution in [0.25, 0.3) is 0 Å². The number of anilines is 1. The maximum absolute atomic E-state index is 11.8. The number of hydrogen-bond acceptors (Lipinski definition) is 5. The zero-order valence-electron chi connectivity index (χ0n) is 14.8. The lowest BCUT2D eigenvalue weighted by Crippen LogP contribution is -2.30. The number of ether oxygens (including phenoxy) is 2. The average molecular weight is 432 g/mol. The summed E-state index contributed by atoms with van der Waals surface area (Å²) in [5.41, 5.74) is 1.11. The molecule has 1 aromatic carbocycles. The molecule has 1 heterocycles. The molecule has 0 atom stereocenters. The lowest BCUT2D eigenvalue weighted by atomic mass is 10.2. The van der Waals surface area contributed by atoms with E-state index in [0.29, 0.717) is 11.3 Å². The first kappa shape index (κ1) is 22.9. The van der Waals surface area contributed by atoms with Gasteiger partial charge in [0, 0.05) is 5.56 Å². The molecule has 9 heteroatoms. The number of rotatable bonds is 5. The topological polar surface area (TPSA) is 60.9 Å². The number of amides is 1. The number of halogens is 3. The number of methoxy groups -OCH3 is 1. The second-order valence-electron chi connectivity index (χ2n) is 4.70. The van der Waals surface area contributed by atoms with E-state index in [1.165, 1.54) is 20.3 Å². The molecule has 2 aromatic rings. The van der Waals surface area contributed by atoms with Crippen molar-refractivity contribution < 1.29 is 19.1 Å². The van der Waals surface area contributed by atoms with Crippen molar-refractivity contribution in [1.29, 1.82) is 0 Å². The number of benzene rings is 1. The highest BCUT2D eigenvalue weighted by atomic mass is 35.5. The van der Waals surface area contributed by atoms with Gasteiger partial charge in [-0.3, -0.25) is 4.84 Å². The molecule has 0 fully saturated rings. The molecule has 0 aliphatic rings. The van der Waals surface area contributed by atoms with Gasteiger partial charge in [-0.2, -0.15) is 10.0 Å². The van der Waals surface area contributed by atoms with Gasteiger partial charge >= 0.3 is 6.09 Å². The van der Waals surface area contributed by atoms with Crippen LogP contribution in [0.3, 0.4) is 0 Å².